The first-order valence-corrected chi connectivity index (χ1v) is 6.95. The average Bonchev–Trinajstić information content (AvgIpc) is 2.85. The molecule has 116 valence electrons. The van der Waals surface area contributed by atoms with Crippen molar-refractivity contribution in [2.45, 2.75) is 18.6 Å². The molecule has 0 radical (unpaired) electrons. The smallest absolute Gasteiger partial charge is 0.114 e. The van der Waals surface area contributed by atoms with Crippen LogP contribution in [-0.2, 0) is 18.3 Å². The van der Waals surface area contributed by atoms with Crippen molar-refractivity contribution in [3.63, 3.8) is 0 Å². The Hall–Kier alpha value is -0.740. The number of alkyl halides is 1. The van der Waals surface area contributed by atoms with Gasteiger partial charge in [-0.3, -0.25) is 13.8 Å². The van der Waals surface area contributed by atoms with Gasteiger partial charge in [0.1, 0.15) is 6.17 Å². The second-order valence-corrected chi connectivity index (χ2v) is 5.59. The Morgan fingerprint density at radius 2 is 2.35 bits per heavy atom. The number of anilines is 1. The average molecular weight is 327 g/mol. The molecule has 0 spiro atoms. The summed E-state index contributed by atoms with van der Waals surface area (Å²) in [5.74, 6) is 0. The summed E-state index contributed by atoms with van der Waals surface area (Å²) in [7, 11) is 3.53. The molecule has 0 bridgehead atoms. The van der Waals surface area contributed by atoms with Gasteiger partial charge >= 0.3 is 0 Å². The predicted molar refractivity (Wildman–Crippen MR) is 75.6 cm³/mol. The second-order valence-electron chi connectivity index (χ2n) is 4.72. The summed E-state index contributed by atoms with van der Waals surface area (Å²) in [6, 6.07) is -0.128. The lowest BCUT2D eigenvalue weighted by Gasteiger charge is -2.29. The molecule has 3 atom stereocenters. The van der Waals surface area contributed by atoms with Crippen molar-refractivity contribution in [3.05, 3.63) is 12.4 Å². The topological polar surface area (TPSA) is 76.5 Å². The Labute approximate surface area is 125 Å². The zero-order chi connectivity index (χ0) is 14.0. The van der Waals surface area contributed by atoms with E-state index in [2.05, 4.69) is 10.5 Å². The van der Waals surface area contributed by atoms with Crippen molar-refractivity contribution in [2.75, 3.05) is 25.6 Å². The number of nitrogens with one attached hydrogen (secondary N) is 1. The van der Waals surface area contributed by atoms with Gasteiger partial charge in [-0.25, -0.2) is 4.39 Å². The van der Waals surface area contributed by atoms with Gasteiger partial charge in [0.15, 0.2) is 0 Å². The lowest BCUT2D eigenvalue weighted by molar-refractivity contribution is 0.263. The van der Waals surface area contributed by atoms with Crippen LogP contribution in [0.5, 0.6) is 0 Å². The van der Waals surface area contributed by atoms with E-state index >= 15 is 0 Å². The van der Waals surface area contributed by atoms with Crippen LogP contribution in [0.25, 0.3) is 0 Å². The molecule has 7 nitrogen and oxygen atoms in total. The standard InChI is InChI=1S/C10H18FN5O2S.ClH/c1-14-5-8(11)3-10(14)7-16(19(17)18)13-9-4-12-15(2)6-9;/h4,6,8,10,13H,3,5,7H2,1-2H3,(H,17,18);1H/p-1/t8-,10+;/m1./s1. The number of hydrogen-bond donors (Lipinski definition) is 1. The number of aromatic nitrogens is 2. The van der Waals surface area contributed by atoms with E-state index in [4.69, 9.17) is 0 Å². The molecular formula is C10H18ClFN5O2S-. The van der Waals surface area contributed by atoms with E-state index in [1.807, 2.05) is 4.90 Å². The highest BCUT2D eigenvalue weighted by Crippen LogP contribution is 2.20. The number of hydrogen-bond acceptors (Lipinski definition) is 5. The molecule has 1 aromatic rings. The molecule has 1 saturated heterocycles. The van der Waals surface area contributed by atoms with E-state index in [9.17, 15) is 13.2 Å². The molecule has 20 heavy (non-hydrogen) atoms. The fraction of sp³-hybridized carbons (Fsp3) is 0.700. The van der Waals surface area contributed by atoms with Crippen molar-refractivity contribution in [1.29, 1.82) is 0 Å². The molecule has 0 amide bonds. The number of hydrazine groups is 1. The van der Waals surface area contributed by atoms with E-state index in [0.29, 0.717) is 18.7 Å². The summed E-state index contributed by atoms with van der Waals surface area (Å²) >= 11 is -2.43. The molecule has 2 rings (SSSR count). The van der Waals surface area contributed by atoms with Gasteiger partial charge in [-0.2, -0.15) is 5.10 Å². The van der Waals surface area contributed by atoms with Crippen molar-refractivity contribution >= 4 is 29.4 Å². The van der Waals surface area contributed by atoms with Gasteiger partial charge in [-0.1, -0.05) is 0 Å². The number of halogens is 2. The lowest BCUT2D eigenvalue weighted by Crippen LogP contribution is -2.42. The summed E-state index contributed by atoms with van der Waals surface area (Å²) < 4.78 is 38.3. The molecule has 10 heteroatoms. The van der Waals surface area contributed by atoms with Gasteiger partial charge in [-0.15, -0.1) is 16.8 Å². The molecule has 0 aliphatic carbocycles. The number of likely N-dealkylation sites (N-methyl/N-ethyl adjacent to an activating group) is 1. The van der Waals surface area contributed by atoms with Crippen molar-refractivity contribution in [2.24, 2.45) is 7.05 Å². The van der Waals surface area contributed by atoms with E-state index in [-0.39, 0.29) is 25.0 Å². The van der Waals surface area contributed by atoms with Crippen LogP contribution in [0.4, 0.5) is 10.1 Å². The molecule has 1 fully saturated rings. The second kappa shape index (κ2) is 7.32. The minimum Gasteiger partial charge on any atom is -0.758 e. The van der Waals surface area contributed by atoms with Crippen LogP contribution in [0.2, 0.25) is 0 Å². The fourth-order valence-corrected chi connectivity index (χ4v) is 2.66. The molecule has 2 heterocycles. The number of nitrogens with zero attached hydrogens (tertiary/aromatic N) is 4. The summed E-state index contributed by atoms with van der Waals surface area (Å²) in [5.41, 5.74) is 3.32. The number of rotatable bonds is 5. The summed E-state index contributed by atoms with van der Waals surface area (Å²) in [4.78, 5) is 1.83. The largest absolute Gasteiger partial charge is 0.758 e. The Bertz CT molecular complexity index is 463. The monoisotopic (exact) mass is 326 g/mol. The zero-order valence-corrected chi connectivity index (χ0v) is 12.9. The Morgan fingerprint density at radius 1 is 1.65 bits per heavy atom. The highest BCUT2D eigenvalue weighted by molar-refractivity contribution is 7.76. The Kier molecular flexibility index (Phi) is 6.34. The normalized spacial score (nSPS) is 24.6. The molecule has 1 N–H and O–H groups in total. The first-order chi connectivity index (χ1) is 8.95. The van der Waals surface area contributed by atoms with Crippen LogP contribution in [0.3, 0.4) is 0 Å². The molecule has 0 saturated carbocycles. The third-order valence-corrected chi connectivity index (χ3v) is 3.75. The molecule has 1 aromatic heterocycles. The maximum absolute atomic E-state index is 13.3. The highest BCUT2D eigenvalue weighted by atomic mass is 35.5. The van der Waals surface area contributed by atoms with E-state index in [1.54, 1.807) is 25.0 Å². The first-order valence-electron chi connectivity index (χ1n) is 5.92. The maximum atomic E-state index is 13.3. The van der Waals surface area contributed by atoms with Crippen molar-refractivity contribution in [1.82, 2.24) is 19.1 Å². The molecule has 0 aromatic carbocycles. The Balaban J connectivity index is 0.00000200. The van der Waals surface area contributed by atoms with Crippen LogP contribution in [-0.4, -0.2) is 60.2 Å². The summed E-state index contributed by atoms with van der Waals surface area (Å²) in [6.45, 7) is 0.540. The summed E-state index contributed by atoms with van der Waals surface area (Å²) in [6.07, 6.45) is 2.64. The molecule has 1 aliphatic heterocycles. The van der Waals surface area contributed by atoms with Crippen LogP contribution in [0.1, 0.15) is 6.42 Å². The van der Waals surface area contributed by atoms with E-state index in [0.717, 1.165) is 4.41 Å². The van der Waals surface area contributed by atoms with Crippen LogP contribution in [0.15, 0.2) is 12.4 Å². The maximum Gasteiger partial charge on any atom is 0.114 e. The quantitative estimate of drug-likeness (QED) is 0.622. The summed E-state index contributed by atoms with van der Waals surface area (Å²) in [5, 5.41) is 3.94. The number of aryl methyl sites for hydroxylation is 1. The van der Waals surface area contributed by atoms with E-state index < -0.39 is 17.4 Å². The first kappa shape index (κ1) is 17.3. The Morgan fingerprint density at radius 3 is 2.80 bits per heavy atom. The predicted octanol–water partition coefficient (Wildman–Crippen LogP) is 0.307. The van der Waals surface area contributed by atoms with E-state index in [1.165, 1.54) is 6.20 Å². The van der Waals surface area contributed by atoms with Crippen molar-refractivity contribution in [3.8, 4) is 0 Å². The van der Waals surface area contributed by atoms with Crippen molar-refractivity contribution < 1.29 is 13.2 Å². The van der Waals surface area contributed by atoms with Gasteiger partial charge in [0.05, 0.1) is 11.9 Å². The third-order valence-electron chi connectivity index (χ3n) is 3.15. The van der Waals surface area contributed by atoms with Crippen LogP contribution in [0, 0.1) is 0 Å². The van der Waals surface area contributed by atoms with Gasteiger partial charge in [-0.05, 0) is 13.5 Å². The minimum atomic E-state index is -2.43. The third kappa shape index (κ3) is 4.38. The fourth-order valence-electron chi connectivity index (χ4n) is 2.18. The zero-order valence-electron chi connectivity index (χ0n) is 11.2. The molecular weight excluding hydrogens is 309 g/mol. The highest BCUT2D eigenvalue weighted by Gasteiger charge is 2.31. The van der Waals surface area contributed by atoms with Gasteiger partial charge in [0, 0.05) is 43.6 Å². The van der Waals surface area contributed by atoms with Crippen LogP contribution < -0.4 is 5.43 Å². The lowest BCUT2D eigenvalue weighted by atomic mass is 10.2. The molecule has 1 unspecified atom stereocenters. The molecule has 1 aliphatic rings. The van der Waals surface area contributed by atoms with Gasteiger partial charge in [0.2, 0.25) is 0 Å². The van der Waals surface area contributed by atoms with Gasteiger partial charge in [0.25, 0.3) is 0 Å². The SMILES string of the molecule is CN1C[C@H](F)C[C@H]1CN(Nc1cnn(C)c1)S(=O)[O-].Cl. The minimum absolute atomic E-state index is 0. The van der Waals surface area contributed by atoms with Gasteiger partial charge < -0.3 is 9.98 Å². The number of likely N-dealkylation sites (tertiary alicyclic amines) is 1. The van der Waals surface area contributed by atoms with Crippen LogP contribution >= 0.6 is 12.4 Å².